The summed E-state index contributed by atoms with van der Waals surface area (Å²) in [5, 5.41) is 3.07. The van der Waals surface area contributed by atoms with Gasteiger partial charge in [0.1, 0.15) is 0 Å². The van der Waals surface area contributed by atoms with Crippen LogP contribution in [0.2, 0.25) is 0 Å². The minimum Gasteiger partial charge on any atom is -0.350 e. The normalized spacial score (nSPS) is 13.8. The molecule has 0 saturated carbocycles. The minimum absolute atomic E-state index is 0.0721. The Kier molecular flexibility index (Phi) is 7.97. The number of nitrogens with two attached hydrogens (primary N) is 1. The van der Waals surface area contributed by atoms with Crippen molar-refractivity contribution in [3.8, 4) is 0 Å². The molecule has 1 aromatic carbocycles. The van der Waals surface area contributed by atoms with Gasteiger partial charge >= 0.3 is 0 Å². The van der Waals surface area contributed by atoms with E-state index in [1.54, 1.807) is 0 Å². The van der Waals surface area contributed by atoms with Gasteiger partial charge in [-0.3, -0.25) is 4.79 Å². The van der Waals surface area contributed by atoms with E-state index in [4.69, 9.17) is 5.73 Å². The summed E-state index contributed by atoms with van der Waals surface area (Å²) in [5.41, 5.74) is 6.77. The topological polar surface area (TPSA) is 55.1 Å². The predicted octanol–water partition coefficient (Wildman–Crippen LogP) is 3.41. The smallest absolute Gasteiger partial charge is 0.220 e. The molecule has 0 saturated heterocycles. The summed E-state index contributed by atoms with van der Waals surface area (Å²) in [6, 6.07) is 10.1. The second kappa shape index (κ2) is 9.54. The van der Waals surface area contributed by atoms with Crippen molar-refractivity contribution in [2.75, 3.05) is 6.54 Å². The first kappa shape index (κ1) is 16.7. The maximum atomic E-state index is 12.0. The van der Waals surface area contributed by atoms with Gasteiger partial charge in [0.2, 0.25) is 5.91 Å². The molecule has 1 aromatic rings. The molecule has 0 fully saturated rings. The van der Waals surface area contributed by atoms with Crippen molar-refractivity contribution < 1.29 is 4.79 Å². The Morgan fingerprint density at radius 1 is 1.20 bits per heavy atom. The fourth-order valence-electron chi connectivity index (χ4n) is 2.55. The molecule has 1 amide bonds. The van der Waals surface area contributed by atoms with Gasteiger partial charge in [0.15, 0.2) is 0 Å². The molecule has 0 aliphatic heterocycles. The molecular weight excluding hydrogens is 248 g/mol. The maximum Gasteiger partial charge on any atom is 0.220 e. The van der Waals surface area contributed by atoms with Crippen molar-refractivity contribution in [1.82, 2.24) is 5.32 Å². The third-order valence-corrected chi connectivity index (χ3v) is 3.73. The van der Waals surface area contributed by atoms with E-state index >= 15 is 0 Å². The van der Waals surface area contributed by atoms with Crippen LogP contribution < -0.4 is 11.1 Å². The summed E-state index contributed by atoms with van der Waals surface area (Å²) < 4.78 is 0. The van der Waals surface area contributed by atoms with Crippen molar-refractivity contribution in [3.05, 3.63) is 35.9 Å². The SMILES string of the molecule is CCCC(CCN)CCC(=O)NC(C)c1ccccc1. The zero-order chi connectivity index (χ0) is 14.8. The van der Waals surface area contributed by atoms with Crippen molar-refractivity contribution in [1.29, 1.82) is 0 Å². The maximum absolute atomic E-state index is 12.0. The Morgan fingerprint density at radius 2 is 1.90 bits per heavy atom. The quantitative estimate of drug-likeness (QED) is 0.726. The molecule has 2 atom stereocenters. The van der Waals surface area contributed by atoms with Crippen molar-refractivity contribution in [2.45, 2.75) is 52.0 Å². The van der Waals surface area contributed by atoms with E-state index in [9.17, 15) is 4.79 Å². The Morgan fingerprint density at radius 3 is 2.50 bits per heavy atom. The molecule has 112 valence electrons. The van der Waals surface area contributed by atoms with Crippen LogP contribution in [0, 0.1) is 5.92 Å². The molecule has 0 spiro atoms. The summed E-state index contributed by atoms with van der Waals surface area (Å²) in [7, 11) is 0. The molecule has 0 bridgehead atoms. The lowest BCUT2D eigenvalue weighted by atomic mass is 9.94. The van der Waals surface area contributed by atoms with Gasteiger partial charge in [-0.05, 0) is 37.8 Å². The Hall–Kier alpha value is -1.35. The van der Waals surface area contributed by atoms with Gasteiger partial charge in [-0.15, -0.1) is 0 Å². The van der Waals surface area contributed by atoms with Crippen molar-refractivity contribution in [3.63, 3.8) is 0 Å². The lowest BCUT2D eigenvalue weighted by molar-refractivity contribution is -0.122. The number of nitrogens with one attached hydrogen (secondary N) is 1. The minimum atomic E-state index is 0.0721. The van der Waals surface area contributed by atoms with Crippen LogP contribution in [0.25, 0.3) is 0 Å². The van der Waals surface area contributed by atoms with Gasteiger partial charge < -0.3 is 11.1 Å². The molecule has 0 heterocycles. The van der Waals surface area contributed by atoms with Gasteiger partial charge in [-0.2, -0.15) is 0 Å². The molecule has 0 aliphatic carbocycles. The van der Waals surface area contributed by atoms with Crippen molar-refractivity contribution >= 4 is 5.91 Å². The first-order valence-corrected chi connectivity index (χ1v) is 7.71. The molecule has 3 N–H and O–H groups in total. The van der Waals surface area contributed by atoms with Crippen LogP contribution in [0.4, 0.5) is 0 Å². The predicted molar refractivity (Wildman–Crippen MR) is 84.3 cm³/mol. The monoisotopic (exact) mass is 276 g/mol. The highest BCUT2D eigenvalue weighted by Gasteiger charge is 2.12. The Labute approximate surface area is 122 Å². The molecule has 3 heteroatoms. The fraction of sp³-hybridized carbons (Fsp3) is 0.588. The highest BCUT2D eigenvalue weighted by atomic mass is 16.1. The van der Waals surface area contributed by atoms with E-state index in [1.807, 2.05) is 37.3 Å². The molecule has 3 nitrogen and oxygen atoms in total. The summed E-state index contributed by atoms with van der Waals surface area (Å²) in [5.74, 6) is 0.724. The van der Waals surface area contributed by atoms with Gasteiger partial charge in [0.25, 0.3) is 0 Å². The highest BCUT2D eigenvalue weighted by molar-refractivity contribution is 5.76. The van der Waals surface area contributed by atoms with Gasteiger partial charge in [-0.25, -0.2) is 0 Å². The lowest BCUT2D eigenvalue weighted by Gasteiger charge is -2.17. The van der Waals surface area contributed by atoms with Crippen LogP contribution in [-0.4, -0.2) is 12.5 Å². The number of carbonyl (C=O) groups is 1. The second-order valence-corrected chi connectivity index (χ2v) is 5.47. The number of hydrogen-bond donors (Lipinski definition) is 2. The van der Waals surface area contributed by atoms with Gasteiger partial charge in [0, 0.05) is 6.42 Å². The molecule has 2 unspecified atom stereocenters. The average Bonchev–Trinajstić information content (AvgIpc) is 2.46. The summed E-state index contributed by atoms with van der Waals surface area (Å²) in [6.07, 6.45) is 4.89. The van der Waals surface area contributed by atoms with E-state index in [2.05, 4.69) is 12.2 Å². The van der Waals surface area contributed by atoms with Crippen LogP contribution in [-0.2, 0) is 4.79 Å². The van der Waals surface area contributed by atoms with Crippen LogP contribution in [0.1, 0.15) is 57.6 Å². The second-order valence-electron chi connectivity index (χ2n) is 5.47. The Balaban J connectivity index is 2.35. The third-order valence-electron chi connectivity index (χ3n) is 3.73. The van der Waals surface area contributed by atoms with Gasteiger partial charge in [-0.1, -0.05) is 50.1 Å². The zero-order valence-electron chi connectivity index (χ0n) is 12.8. The van der Waals surface area contributed by atoms with E-state index in [0.717, 1.165) is 24.8 Å². The summed E-state index contributed by atoms with van der Waals surface area (Å²) >= 11 is 0. The zero-order valence-corrected chi connectivity index (χ0v) is 12.8. The molecular formula is C17H28N2O. The highest BCUT2D eigenvalue weighted by Crippen LogP contribution is 2.17. The van der Waals surface area contributed by atoms with Crippen LogP contribution in [0.5, 0.6) is 0 Å². The lowest BCUT2D eigenvalue weighted by Crippen LogP contribution is -2.27. The first-order valence-electron chi connectivity index (χ1n) is 7.71. The summed E-state index contributed by atoms with van der Waals surface area (Å²) in [4.78, 5) is 12.0. The van der Waals surface area contributed by atoms with E-state index in [0.29, 0.717) is 18.9 Å². The molecule has 0 aliphatic rings. The number of hydrogen-bond acceptors (Lipinski definition) is 2. The molecule has 0 radical (unpaired) electrons. The van der Waals surface area contributed by atoms with Crippen molar-refractivity contribution in [2.24, 2.45) is 11.7 Å². The Bertz CT molecular complexity index is 372. The standard InChI is InChI=1S/C17H28N2O/c1-3-7-15(12-13-18)10-11-17(20)19-14(2)16-8-5-4-6-9-16/h4-6,8-9,14-15H,3,7,10-13,18H2,1-2H3,(H,19,20). The van der Waals surface area contributed by atoms with E-state index in [1.165, 1.54) is 6.42 Å². The van der Waals surface area contributed by atoms with E-state index < -0.39 is 0 Å². The number of rotatable bonds is 9. The summed E-state index contributed by atoms with van der Waals surface area (Å²) in [6.45, 7) is 4.92. The largest absolute Gasteiger partial charge is 0.350 e. The fourth-order valence-corrected chi connectivity index (χ4v) is 2.55. The van der Waals surface area contributed by atoms with E-state index in [-0.39, 0.29) is 11.9 Å². The molecule has 0 aromatic heterocycles. The first-order chi connectivity index (χ1) is 9.67. The number of amides is 1. The van der Waals surface area contributed by atoms with Crippen LogP contribution >= 0.6 is 0 Å². The van der Waals surface area contributed by atoms with Gasteiger partial charge in [0.05, 0.1) is 6.04 Å². The third kappa shape index (κ3) is 6.20. The molecule has 1 rings (SSSR count). The number of benzene rings is 1. The van der Waals surface area contributed by atoms with Crippen LogP contribution in [0.3, 0.4) is 0 Å². The average molecular weight is 276 g/mol. The van der Waals surface area contributed by atoms with Crippen LogP contribution in [0.15, 0.2) is 30.3 Å². The molecule has 20 heavy (non-hydrogen) atoms. The number of carbonyl (C=O) groups excluding carboxylic acids is 1.